The van der Waals surface area contributed by atoms with Gasteiger partial charge in [0.05, 0.1) is 17.4 Å². The number of hydrazine groups is 1. The van der Waals surface area contributed by atoms with Gasteiger partial charge in [-0.3, -0.25) is 15.6 Å². The van der Waals surface area contributed by atoms with Crippen LogP contribution in [0, 0.1) is 0 Å². The summed E-state index contributed by atoms with van der Waals surface area (Å²) in [5.74, 6) is 5.22. The highest BCUT2D eigenvalue weighted by Crippen LogP contribution is 2.46. The van der Waals surface area contributed by atoms with E-state index in [1.54, 1.807) is 12.3 Å². The fraction of sp³-hybridized carbons (Fsp3) is 0.455. The second-order valence-electron chi connectivity index (χ2n) is 4.14. The van der Waals surface area contributed by atoms with Gasteiger partial charge in [0, 0.05) is 17.5 Å². The van der Waals surface area contributed by atoms with Gasteiger partial charge >= 0.3 is 0 Å². The largest absolute Gasteiger partial charge is 0.351 e. The van der Waals surface area contributed by atoms with Gasteiger partial charge in [-0.05, 0) is 25.2 Å². The second kappa shape index (κ2) is 4.93. The smallest absolute Gasteiger partial charge is 0.253 e. The minimum absolute atomic E-state index is 0.110. The summed E-state index contributed by atoms with van der Waals surface area (Å²) in [6, 6.07) is 1.66. The van der Waals surface area contributed by atoms with E-state index in [0.29, 0.717) is 17.8 Å². The minimum Gasteiger partial charge on any atom is -0.351 e. The monoisotopic (exact) mass is 252 g/mol. The Morgan fingerprint density at radius 1 is 1.65 bits per heavy atom. The molecule has 1 fully saturated rings. The van der Waals surface area contributed by atoms with E-state index < -0.39 is 0 Å². The molecule has 0 saturated heterocycles. The molecular formula is C11H16N4OS. The number of amides is 1. The molecular weight excluding hydrogens is 236 g/mol. The molecule has 1 heterocycles. The van der Waals surface area contributed by atoms with Crippen LogP contribution < -0.4 is 16.6 Å². The molecule has 5 nitrogen and oxygen atoms in total. The van der Waals surface area contributed by atoms with Crippen LogP contribution in [0.25, 0.3) is 0 Å². The van der Waals surface area contributed by atoms with Gasteiger partial charge in [0.25, 0.3) is 5.91 Å². The van der Waals surface area contributed by atoms with Crippen LogP contribution >= 0.6 is 11.8 Å². The Bertz CT molecular complexity index is 420. The molecule has 17 heavy (non-hydrogen) atoms. The number of aromatic nitrogens is 1. The number of carbonyl (C=O) groups is 1. The molecule has 1 aromatic rings. The summed E-state index contributed by atoms with van der Waals surface area (Å²) in [6.45, 7) is 0.708. The molecule has 0 spiro atoms. The van der Waals surface area contributed by atoms with Crippen LogP contribution in [-0.2, 0) is 0 Å². The lowest BCUT2D eigenvalue weighted by Gasteiger charge is -2.14. The summed E-state index contributed by atoms with van der Waals surface area (Å²) in [4.78, 5) is 15.9. The van der Waals surface area contributed by atoms with E-state index in [1.165, 1.54) is 19.0 Å². The number of anilines is 1. The third-order valence-electron chi connectivity index (χ3n) is 3.03. The third-order valence-corrected chi connectivity index (χ3v) is 4.45. The Morgan fingerprint density at radius 2 is 2.41 bits per heavy atom. The van der Waals surface area contributed by atoms with Crippen molar-refractivity contribution in [3.8, 4) is 0 Å². The van der Waals surface area contributed by atoms with Crippen LogP contribution in [0.4, 0.5) is 5.69 Å². The summed E-state index contributed by atoms with van der Waals surface area (Å²) in [5.41, 5.74) is 3.54. The first-order valence-corrected chi connectivity index (χ1v) is 6.67. The lowest BCUT2D eigenvalue weighted by atomic mass is 10.2. The van der Waals surface area contributed by atoms with Crippen LogP contribution in [0.2, 0.25) is 0 Å². The van der Waals surface area contributed by atoms with Gasteiger partial charge in [-0.15, -0.1) is 0 Å². The van der Waals surface area contributed by atoms with Crippen molar-refractivity contribution in [2.45, 2.75) is 17.6 Å². The number of carbonyl (C=O) groups excluding carboxylic acids is 1. The van der Waals surface area contributed by atoms with E-state index in [9.17, 15) is 4.79 Å². The SMILES string of the molecule is CSC1(CNC(=O)c2ccncc2NN)CC1. The molecule has 1 aromatic heterocycles. The van der Waals surface area contributed by atoms with Crippen molar-refractivity contribution in [1.82, 2.24) is 10.3 Å². The lowest BCUT2D eigenvalue weighted by Crippen LogP contribution is -2.32. The van der Waals surface area contributed by atoms with Crippen LogP contribution in [0.3, 0.4) is 0 Å². The molecule has 0 unspecified atom stereocenters. The molecule has 1 aliphatic carbocycles. The Balaban J connectivity index is 1.99. The summed E-state index contributed by atoms with van der Waals surface area (Å²) in [5, 5.41) is 2.94. The maximum atomic E-state index is 12.0. The maximum Gasteiger partial charge on any atom is 0.253 e. The standard InChI is InChI=1S/C11H16N4OS/c1-17-11(3-4-11)7-14-10(16)8-2-5-13-6-9(8)15-12/h2,5-6,15H,3-4,7,12H2,1H3,(H,14,16). The van der Waals surface area contributed by atoms with E-state index in [-0.39, 0.29) is 10.7 Å². The van der Waals surface area contributed by atoms with Crippen molar-refractivity contribution >= 4 is 23.4 Å². The first kappa shape index (κ1) is 12.2. The van der Waals surface area contributed by atoms with Crippen molar-refractivity contribution in [2.24, 2.45) is 5.84 Å². The number of thioether (sulfide) groups is 1. The molecule has 0 aromatic carbocycles. The number of nitrogen functional groups attached to an aromatic ring is 1. The average molecular weight is 252 g/mol. The van der Waals surface area contributed by atoms with Crippen molar-refractivity contribution in [2.75, 3.05) is 18.2 Å². The van der Waals surface area contributed by atoms with Crippen LogP contribution in [-0.4, -0.2) is 28.4 Å². The van der Waals surface area contributed by atoms with Gasteiger partial charge in [0.1, 0.15) is 0 Å². The number of rotatable bonds is 5. The van der Waals surface area contributed by atoms with Crippen LogP contribution in [0.5, 0.6) is 0 Å². The Labute approximate surface area is 105 Å². The van der Waals surface area contributed by atoms with Gasteiger partial charge in [0.15, 0.2) is 0 Å². The van der Waals surface area contributed by atoms with Gasteiger partial charge in [-0.25, -0.2) is 0 Å². The number of nitrogens with two attached hydrogens (primary N) is 1. The lowest BCUT2D eigenvalue weighted by molar-refractivity contribution is 0.0953. The highest BCUT2D eigenvalue weighted by atomic mass is 32.2. The molecule has 6 heteroatoms. The Kier molecular flexibility index (Phi) is 3.54. The minimum atomic E-state index is -0.110. The number of hydrogen-bond donors (Lipinski definition) is 3. The Morgan fingerprint density at radius 3 is 3.00 bits per heavy atom. The second-order valence-corrected chi connectivity index (χ2v) is 5.41. The first-order valence-electron chi connectivity index (χ1n) is 5.45. The summed E-state index contributed by atoms with van der Waals surface area (Å²) in [6.07, 6.45) is 7.55. The highest BCUT2D eigenvalue weighted by molar-refractivity contribution is 8.00. The maximum absolute atomic E-state index is 12.0. The predicted molar refractivity (Wildman–Crippen MR) is 69.9 cm³/mol. The Hall–Kier alpha value is -1.27. The summed E-state index contributed by atoms with van der Waals surface area (Å²) >= 11 is 1.82. The van der Waals surface area contributed by atoms with Gasteiger partial charge in [-0.1, -0.05) is 0 Å². The molecule has 2 rings (SSSR count). The zero-order valence-electron chi connectivity index (χ0n) is 9.69. The van der Waals surface area contributed by atoms with E-state index in [1.807, 2.05) is 11.8 Å². The molecule has 0 radical (unpaired) electrons. The van der Waals surface area contributed by atoms with Gasteiger partial charge < -0.3 is 10.7 Å². The van der Waals surface area contributed by atoms with Gasteiger partial charge in [-0.2, -0.15) is 11.8 Å². The zero-order valence-corrected chi connectivity index (χ0v) is 10.5. The molecule has 1 amide bonds. The molecule has 4 N–H and O–H groups in total. The predicted octanol–water partition coefficient (Wildman–Crippen LogP) is 0.993. The van der Waals surface area contributed by atoms with E-state index in [2.05, 4.69) is 22.0 Å². The molecule has 1 aliphatic rings. The zero-order chi connectivity index (χ0) is 12.3. The first-order chi connectivity index (χ1) is 8.21. The normalized spacial score (nSPS) is 16.4. The molecule has 0 bridgehead atoms. The van der Waals surface area contributed by atoms with Crippen LogP contribution in [0.15, 0.2) is 18.5 Å². The topological polar surface area (TPSA) is 80.0 Å². The van der Waals surface area contributed by atoms with E-state index >= 15 is 0 Å². The highest BCUT2D eigenvalue weighted by Gasteiger charge is 2.42. The molecule has 92 valence electrons. The summed E-state index contributed by atoms with van der Waals surface area (Å²) in [7, 11) is 0. The quantitative estimate of drug-likeness (QED) is 0.538. The van der Waals surface area contributed by atoms with Crippen molar-refractivity contribution < 1.29 is 4.79 Å². The van der Waals surface area contributed by atoms with E-state index in [0.717, 1.165) is 0 Å². The number of hydrogen-bond acceptors (Lipinski definition) is 5. The van der Waals surface area contributed by atoms with Crippen molar-refractivity contribution in [3.63, 3.8) is 0 Å². The van der Waals surface area contributed by atoms with Gasteiger partial charge in [0.2, 0.25) is 0 Å². The summed E-state index contributed by atoms with van der Waals surface area (Å²) < 4.78 is 0.263. The number of pyridine rings is 1. The number of nitrogens with zero attached hydrogens (tertiary/aromatic N) is 1. The number of nitrogens with one attached hydrogen (secondary N) is 2. The van der Waals surface area contributed by atoms with Crippen LogP contribution in [0.1, 0.15) is 23.2 Å². The van der Waals surface area contributed by atoms with Crippen molar-refractivity contribution in [3.05, 3.63) is 24.0 Å². The van der Waals surface area contributed by atoms with E-state index in [4.69, 9.17) is 5.84 Å². The molecule has 0 aliphatic heterocycles. The average Bonchev–Trinajstić information content (AvgIpc) is 3.16. The fourth-order valence-corrected chi connectivity index (χ4v) is 2.36. The molecule has 1 saturated carbocycles. The third kappa shape index (κ3) is 2.70. The molecule has 0 atom stereocenters. The fourth-order valence-electron chi connectivity index (χ4n) is 1.64. The van der Waals surface area contributed by atoms with Crippen molar-refractivity contribution in [1.29, 1.82) is 0 Å².